The van der Waals surface area contributed by atoms with Gasteiger partial charge < -0.3 is 4.57 Å². The van der Waals surface area contributed by atoms with Gasteiger partial charge in [0.2, 0.25) is 0 Å². The summed E-state index contributed by atoms with van der Waals surface area (Å²) in [6, 6.07) is 15.8. The van der Waals surface area contributed by atoms with E-state index in [0.29, 0.717) is 0 Å². The molecular formula is C17H15NO. The summed E-state index contributed by atoms with van der Waals surface area (Å²) >= 11 is 0. The molecule has 19 heavy (non-hydrogen) atoms. The van der Waals surface area contributed by atoms with Crippen LogP contribution in [0.1, 0.15) is 5.56 Å². The van der Waals surface area contributed by atoms with Crippen LogP contribution in [0, 0.1) is 6.92 Å². The minimum Gasteiger partial charge on any atom is -0.350 e. The molecule has 94 valence electrons. The summed E-state index contributed by atoms with van der Waals surface area (Å²) in [4.78, 5) is 12.6. The second-order valence-electron chi connectivity index (χ2n) is 4.87. The molecule has 0 amide bonds. The average Bonchev–Trinajstić information content (AvgIpc) is 2.43. The second kappa shape index (κ2) is 4.39. The lowest BCUT2D eigenvalue weighted by Crippen LogP contribution is -2.10. The number of fused-ring (bicyclic) bond motifs is 1. The van der Waals surface area contributed by atoms with Gasteiger partial charge in [0, 0.05) is 24.2 Å². The van der Waals surface area contributed by atoms with Crippen molar-refractivity contribution in [2.75, 3.05) is 0 Å². The Bertz CT molecular complexity index is 801. The first-order valence-electron chi connectivity index (χ1n) is 6.32. The molecule has 0 fully saturated rings. The van der Waals surface area contributed by atoms with E-state index < -0.39 is 0 Å². The van der Waals surface area contributed by atoms with Crippen molar-refractivity contribution in [3.8, 4) is 11.1 Å². The van der Waals surface area contributed by atoms with Crippen molar-refractivity contribution in [1.82, 2.24) is 4.57 Å². The molecule has 0 saturated carbocycles. The molecule has 0 unspecified atom stereocenters. The van der Waals surface area contributed by atoms with Crippen LogP contribution in [-0.4, -0.2) is 4.57 Å². The molecule has 2 heteroatoms. The number of aryl methyl sites for hydroxylation is 2. The third kappa shape index (κ3) is 1.95. The minimum atomic E-state index is 0.100. The van der Waals surface area contributed by atoms with Crippen LogP contribution in [0.4, 0.5) is 0 Å². The second-order valence-corrected chi connectivity index (χ2v) is 4.87. The van der Waals surface area contributed by atoms with Crippen LogP contribution in [-0.2, 0) is 7.05 Å². The van der Waals surface area contributed by atoms with Crippen LogP contribution in [0.25, 0.3) is 22.0 Å². The Hall–Kier alpha value is -2.35. The first-order chi connectivity index (χ1) is 9.16. The third-order valence-corrected chi connectivity index (χ3v) is 3.43. The van der Waals surface area contributed by atoms with E-state index in [-0.39, 0.29) is 5.43 Å². The lowest BCUT2D eigenvalue weighted by Gasteiger charge is -2.09. The molecule has 0 aliphatic heterocycles. The third-order valence-electron chi connectivity index (χ3n) is 3.43. The van der Waals surface area contributed by atoms with Gasteiger partial charge in [-0.05, 0) is 24.6 Å². The van der Waals surface area contributed by atoms with Crippen LogP contribution >= 0.6 is 0 Å². The number of nitrogens with zero attached hydrogens (tertiary/aromatic N) is 1. The molecular weight excluding hydrogens is 234 g/mol. The normalized spacial score (nSPS) is 10.8. The van der Waals surface area contributed by atoms with Crippen molar-refractivity contribution >= 4 is 10.9 Å². The van der Waals surface area contributed by atoms with Gasteiger partial charge in [-0.1, -0.05) is 42.0 Å². The number of rotatable bonds is 1. The Morgan fingerprint density at radius 3 is 2.47 bits per heavy atom. The fraction of sp³-hybridized carbons (Fsp3) is 0.118. The lowest BCUT2D eigenvalue weighted by molar-refractivity contribution is 0.952. The van der Waals surface area contributed by atoms with Crippen molar-refractivity contribution in [3.63, 3.8) is 0 Å². The maximum absolute atomic E-state index is 12.6. The van der Waals surface area contributed by atoms with E-state index in [2.05, 4.69) is 0 Å². The molecule has 2 aromatic carbocycles. The monoisotopic (exact) mass is 249 g/mol. The van der Waals surface area contributed by atoms with E-state index in [4.69, 9.17) is 0 Å². The molecule has 1 heterocycles. The molecule has 0 saturated heterocycles. The van der Waals surface area contributed by atoms with Crippen LogP contribution in [0.3, 0.4) is 0 Å². The average molecular weight is 249 g/mol. The van der Waals surface area contributed by atoms with E-state index in [0.717, 1.165) is 27.6 Å². The molecule has 0 radical (unpaired) electrons. The number of hydrogen-bond acceptors (Lipinski definition) is 1. The van der Waals surface area contributed by atoms with Gasteiger partial charge in [-0.25, -0.2) is 0 Å². The Balaban J connectivity index is 2.40. The minimum absolute atomic E-state index is 0.100. The summed E-state index contributed by atoms with van der Waals surface area (Å²) in [5.74, 6) is 0. The molecule has 0 bridgehead atoms. The number of aromatic nitrogens is 1. The van der Waals surface area contributed by atoms with Gasteiger partial charge >= 0.3 is 0 Å². The fourth-order valence-electron chi connectivity index (χ4n) is 2.43. The van der Waals surface area contributed by atoms with Crippen molar-refractivity contribution in [3.05, 3.63) is 70.5 Å². The maximum atomic E-state index is 12.6. The van der Waals surface area contributed by atoms with Crippen LogP contribution in [0.2, 0.25) is 0 Å². The van der Waals surface area contributed by atoms with Gasteiger partial charge in [-0.3, -0.25) is 4.79 Å². The maximum Gasteiger partial charge on any atom is 0.197 e. The standard InChI is InChI=1S/C17H15NO/c1-12-8-9-16-14(10-12)17(19)15(11-18(16)2)13-6-4-3-5-7-13/h3-11H,1-2H3. The van der Waals surface area contributed by atoms with Gasteiger partial charge in [0.05, 0.1) is 5.52 Å². The molecule has 0 N–H and O–H groups in total. The van der Waals surface area contributed by atoms with E-state index >= 15 is 0 Å². The van der Waals surface area contributed by atoms with Crippen molar-refractivity contribution in [2.24, 2.45) is 7.05 Å². The Labute approximate surface area is 111 Å². The van der Waals surface area contributed by atoms with E-state index in [1.165, 1.54) is 0 Å². The van der Waals surface area contributed by atoms with E-state index in [1.807, 2.05) is 73.3 Å². The number of pyridine rings is 1. The van der Waals surface area contributed by atoms with Crippen molar-refractivity contribution in [2.45, 2.75) is 6.92 Å². The molecule has 3 rings (SSSR count). The van der Waals surface area contributed by atoms with Gasteiger partial charge in [0.25, 0.3) is 0 Å². The lowest BCUT2D eigenvalue weighted by atomic mass is 10.0. The number of hydrogen-bond donors (Lipinski definition) is 0. The van der Waals surface area contributed by atoms with Crippen molar-refractivity contribution < 1.29 is 0 Å². The highest BCUT2D eigenvalue weighted by atomic mass is 16.1. The summed E-state index contributed by atoms with van der Waals surface area (Å²) in [5.41, 5.74) is 3.89. The van der Waals surface area contributed by atoms with E-state index in [1.54, 1.807) is 0 Å². The van der Waals surface area contributed by atoms with Gasteiger partial charge in [-0.2, -0.15) is 0 Å². The number of benzene rings is 2. The van der Waals surface area contributed by atoms with Crippen molar-refractivity contribution in [1.29, 1.82) is 0 Å². The van der Waals surface area contributed by atoms with Gasteiger partial charge in [-0.15, -0.1) is 0 Å². The molecule has 0 aliphatic rings. The summed E-state index contributed by atoms with van der Waals surface area (Å²) in [6.07, 6.45) is 1.91. The summed E-state index contributed by atoms with van der Waals surface area (Å²) in [5, 5.41) is 0.781. The van der Waals surface area contributed by atoms with Crippen LogP contribution in [0.5, 0.6) is 0 Å². The molecule has 3 aromatic rings. The zero-order valence-corrected chi connectivity index (χ0v) is 11.1. The topological polar surface area (TPSA) is 22.0 Å². The summed E-state index contributed by atoms with van der Waals surface area (Å²) < 4.78 is 2.01. The molecule has 0 spiro atoms. The first-order valence-corrected chi connectivity index (χ1v) is 6.32. The fourth-order valence-corrected chi connectivity index (χ4v) is 2.43. The largest absolute Gasteiger partial charge is 0.350 e. The Morgan fingerprint density at radius 2 is 1.74 bits per heavy atom. The smallest absolute Gasteiger partial charge is 0.197 e. The molecule has 0 aliphatic carbocycles. The molecule has 2 nitrogen and oxygen atoms in total. The predicted molar refractivity (Wildman–Crippen MR) is 79.4 cm³/mol. The SMILES string of the molecule is Cc1ccc2c(c1)c(=O)c(-c1ccccc1)cn2C. The van der Waals surface area contributed by atoms with Gasteiger partial charge in [0.1, 0.15) is 0 Å². The Kier molecular flexibility index (Phi) is 2.71. The molecule has 0 atom stereocenters. The van der Waals surface area contributed by atoms with E-state index in [9.17, 15) is 4.79 Å². The quantitative estimate of drug-likeness (QED) is 0.647. The zero-order valence-electron chi connectivity index (χ0n) is 11.1. The van der Waals surface area contributed by atoms with Gasteiger partial charge in [0.15, 0.2) is 5.43 Å². The highest BCUT2D eigenvalue weighted by Crippen LogP contribution is 2.19. The van der Waals surface area contributed by atoms with Crippen LogP contribution < -0.4 is 5.43 Å². The highest BCUT2D eigenvalue weighted by Gasteiger charge is 2.09. The molecule has 1 aromatic heterocycles. The summed E-state index contributed by atoms with van der Waals surface area (Å²) in [6.45, 7) is 2.01. The predicted octanol–water partition coefficient (Wildman–Crippen LogP) is 3.51. The highest BCUT2D eigenvalue weighted by molar-refractivity contribution is 5.84. The van der Waals surface area contributed by atoms with Crippen LogP contribution in [0.15, 0.2) is 59.5 Å². The Morgan fingerprint density at radius 1 is 1.00 bits per heavy atom. The summed E-state index contributed by atoms with van der Waals surface area (Å²) in [7, 11) is 1.98. The zero-order chi connectivity index (χ0) is 13.4. The first kappa shape index (κ1) is 11.7.